The summed E-state index contributed by atoms with van der Waals surface area (Å²) in [4.78, 5) is 27.3. The fourth-order valence-electron chi connectivity index (χ4n) is 4.24. The van der Waals surface area contributed by atoms with Gasteiger partial charge < -0.3 is 20.2 Å². The molecule has 1 saturated heterocycles. The van der Waals surface area contributed by atoms with E-state index in [9.17, 15) is 18.4 Å². The van der Waals surface area contributed by atoms with Gasteiger partial charge in [-0.2, -0.15) is 0 Å². The van der Waals surface area contributed by atoms with E-state index in [0.717, 1.165) is 17.2 Å². The minimum atomic E-state index is -1.12. The normalized spacial score (nSPS) is 21.0. The van der Waals surface area contributed by atoms with Gasteiger partial charge in [-0.3, -0.25) is 0 Å². The van der Waals surface area contributed by atoms with Crippen molar-refractivity contribution in [2.45, 2.75) is 24.9 Å². The number of carboxylic acid groups (broad SMARTS) is 1. The van der Waals surface area contributed by atoms with Crippen LogP contribution in [0.15, 0.2) is 42.5 Å². The van der Waals surface area contributed by atoms with E-state index in [-0.39, 0.29) is 24.2 Å². The smallest absolute Gasteiger partial charge is 0.404 e. The molecule has 4 rings (SSSR count). The van der Waals surface area contributed by atoms with Crippen molar-refractivity contribution in [3.63, 3.8) is 0 Å². The molecule has 2 atom stereocenters. The fraction of sp³-hybridized carbons (Fsp3) is 0.333. The van der Waals surface area contributed by atoms with Crippen molar-refractivity contribution < 1.29 is 23.5 Å². The molecule has 2 N–H and O–H groups in total. The average molecular weight is 401 g/mol. The van der Waals surface area contributed by atoms with Crippen LogP contribution >= 0.6 is 0 Å². The van der Waals surface area contributed by atoms with E-state index >= 15 is 0 Å². The highest BCUT2D eigenvalue weighted by Gasteiger charge is 2.38. The Hall–Kier alpha value is -3.16. The zero-order valence-electron chi connectivity index (χ0n) is 15.6. The summed E-state index contributed by atoms with van der Waals surface area (Å²) in [5.74, 6) is -1.37. The van der Waals surface area contributed by atoms with Crippen LogP contribution in [0, 0.1) is 11.6 Å². The molecule has 6 nitrogen and oxygen atoms in total. The molecule has 0 aliphatic carbocycles. The molecular formula is C21H21F2N3O3. The van der Waals surface area contributed by atoms with Gasteiger partial charge in [0.1, 0.15) is 11.6 Å². The first-order valence-electron chi connectivity index (χ1n) is 9.52. The Morgan fingerprint density at radius 1 is 1.07 bits per heavy atom. The second-order valence-corrected chi connectivity index (χ2v) is 7.37. The maximum Gasteiger partial charge on any atom is 0.404 e. The molecule has 3 amide bonds. The molecule has 1 unspecified atom stereocenters. The van der Waals surface area contributed by atoms with Crippen LogP contribution < -0.4 is 5.32 Å². The highest BCUT2D eigenvalue weighted by atomic mass is 19.1. The number of hydrogen-bond acceptors (Lipinski definition) is 2. The first kappa shape index (κ1) is 19.2. The number of halogens is 2. The van der Waals surface area contributed by atoms with E-state index in [4.69, 9.17) is 5.11 Å². The number of benzene rings is 2. The molecule has 2 aromatic carbocycles. The van der Waals surface area contributed by atoms with Crippen molar-refractivity contribution in [2.75, 3.05) is 19.6 Å². The molecule has 0 bridgehead atoms. The topological polar surface area (TPSA) is 72.9 Å². The minimum Gasteiger partial charge on any atom is -0.465 e. The second kappa shape index (κ2) is 7.69. The van der Waals surface area contributed by atoms with Crippen LogP contribution in [0.1, 0.15) is 29.2 Å². The Morgan fingerprint density at radius 2 is 1.86 bits per heavy atom. The monoisotopic (exact) mass is 401 g/mol. The lowest BCUT2D eigenvalue weighted by Crippen LogP contribution is -2.48. The number of fused-ring (bicyclic) bond motifs is 1. The summed E-state index contributed by atoms with van der Waals surface area (Å²) in [5.41, 5.74) is 2.08. The Bertz CT molecular complexity index is 953. The Balaban J connectivity index is 1.67. The van der Waals surface area contributed by atoms with Crippen LogP contribution in [0.2, 0.25) is 0 Å². The number of urea groups is 1. The van der Waals surface area contributed by atoms with E-state index in [1.54, 1.807) is 9.80 Å². The second-order valence-electron chi connectivity index (χ2n) is 7.37. The van der Waals surface area contributed by atoms with Crippen molar-refractivity contribution in [2.24, 2.45) is 0 Å². The summed E-state index contributed by atoms with van der Waals surface area (Å²) in [6.07, 6.45) is 0.0339. The number of carbonyl (C=O) groups excluding carboxylic acids is 1. The zero-order chi connectivity index (χ0) is 20.5. The van der Waals surface area contributed by atoms with Crippen LogP contribution in [-0.2, 0) is 6.42 Å². The molecular weight excluding hydrogens is 380 g/mol. The van der Waals surface area contributed by atoms with Crippen molar-refractivity contribution in [1.29, 1.82) is 0 Å². The third-order valence-electron chi connectivity index (χ3n) is 5.57. The number of hydrogen-bond donors (Lipinski definition) is 2. The molecule has 29 heavy (non-hydrogen) atoms. The predicted molar refractivity (Wildman–Crippen MR) is 102 cm³/mol. The van der Waals surface area contributed by atoms with Gasteiger partial charge in [0, 0.05) is 31.3 Å². The molecule has 2 heterocycles. The molecule has 2 aliphatic rings. The van der Waals surface area contributed by atoms with Gasteiger partial charge in [0.2, 0.25) is 0 Å². The third-order valence-corrected chi connectivity index (χ3v) is 5.57. The number of nitrogens with one attached hydrogen (secondary N) is 1. The van der Waals surface area contributed by atoms with Crippen LogP contribution in [0.5, 0.6) is 0 Å². The first-order chi connectivity index (χ1) is 13.9. The van der Waals surface area contributed by atoms with Crippen LogP contribution in [-0.4, -0.2) is 52.7 Å². The third kappa shape index (κ3) is 3.74. The molecule has 0 spiro atoms. The molecule has 0 saturated carbocycles. The van der Waals surface area contributed by atoms with Gasteiger partial charge in [-0.05, 0) is 30.0 Å². The summed E-state index contributed by atoms with van der Waals surface area (Å²) < 4.78 is 28.2. The molecule has 1 fully saturated rings. The predicted octanol–water partition coefficient (Wildman–Crippen LogP) is 3.37. The molecule has 152 valence electrons. The van der Waals surface area contributed by atoms with Gasteiger partial charge in [0.25, 0.3) is 0 Å². The summed E-state index contributed by atoms with van der Waals surface area (Å²) in [5, 5.41) is 11.3. The molecule has 2 aromatic rings. The van der Waals surface area contributed by atoms with Gasteiger partial charge in [0.05, 0.1) is 12.1 Å². The van der Waals surface area contributed by atoms with E-state index < -0.39 is 23.8 Å². The first-order valence-corrected chi connectivity index (χ1v) is 9.52. The lowest BCUT2D eigenvalue weighted by atomic mass is 9.88. The number of rotatable bonds is 2. The summed E-state index contributed by atoms with van der Waals surface area (Å²) in [6, 6.07) is 9.70. The van der Waals surface area contributed by atoms with Crippen molar-refractivity contribution in [3.8, 4) is 0 Å². The van der Waals surface area contributed by atoms with Crippen molar-refractivity contribution in [3.05, 3.63) is 70.8 Å². The zero-order valence-corrected chi connectivity index (χ0v) is 15.6. The van der Waals surface area contributed by atoms with Crippen LogP contribution in [0.3, 0.4) is 0 Å². The Kier molecular flexibility index (Phi) is 5.08. The summed E-state index contributed by atoms with van der Waals surface area (Å²) in [7, 11) is 0. The van der Waals surface area contributed by atoms with Gasteiger partial charge in [-0.15, -0.1) is 0 Å². The number of nitrogens with zero attached hydrogens (tertiary/aromatic N) is 2. The largest absolute Gasteiger partial charge is 0.465 e. The number of likely N-dealkylation sites (tertiary alicyclic amines) is 1. The van der Waals surface area contributed by atoms with Crippen LogP contribution in [0.25, 0.3) is 0 Å². The lowest BCUT2D eigenvalue weighted by Gasteiger charge is -2.39. The van der Waals surface area contributed by atoms with Gasteiger partial charge >= 0.3 is 12.1 Å². The van der Waals surface area contributed by atoms with E-state index in [1.807, 2.05) is 24.3 Å². The Morgan fingerprint density at radius 3 is 2.62 bits per heavy atom. The SMILES string of the molecule is O=C(O)N[C@@H]1CCN(C(=O)N2CCc3ccccc3C2c2ccc(F)cc2F)C1. The minimum absolute atomic E-state index is 0.242. The van der Waals surface area contributed by atoms with E-state index in [0.29, 0.717) is 25.9 Å². The van der Waals surface area contributed by atoms with Gasteiger partial charge in [-0.1, -0.05) is 30.3 Å². The van der Waals surface area contributed by atoms with Crippen molar-refractivity contribution in [1.82, 2.24) is 15.1 Å². The highest BCUT2D eigenvalue weighted by molar-refractivity contribution is 5.77. The maximum atomic E-state index is 14.7. The van der Waals surface area contributed by atoms with Crippen LogP contribution in [0.4, 0.5) is 18.4 Å². The number of carbonyl (C=O) groups is 2. The molecule has 8 heteroatoms. The molecule has 0 aromatic heterocycles. The highest BCUT2D eigenvalue weighted by Crippen LogP contribution is 2.37. The van der Waals surface area contributed by atoms with E-state index in [1.165, 1.54) is 12.1 Å². The summed E-state index contributed by atoms with van der Waals surface area (Å²) in [6.45, 7) is 1.08. The van der Waals surface area contributed by atoms with Crippen molar-refractivity contribution >= 4 is 12.1 Å². The number of amides is 3. The Labute approximate surface area is 166 Å². The maximum absolute atomic E-state index is 14.7. The van der Waals surface area contributed by atoms with E-state index in [2.05, 4.69) is 5.32 Å². The molecule has 2 aliphatic heterocycles. The van der Waals surface area contributed by atoms with Gasteiger partial charge in [0.15, 0.2) is 0 Å². The summed E-state index contributed by atoms with van der Waals surface area (Å²) >= 11 is 0. The average Bonchev–Trinajstić information content (AvgIpc) is 3.15. The van der Waals surface area contributed by atoms with Gasteiger partial charge in [-0.25, -0.2) is 18.4 Å². The fourth-order valence-corrected chi connectivity index (χ4v) is 4.24. The quantitative estimate of drug-likeness (QED) is 0.810. The lowest BCUT2D eigenvalue weighted by molar-refractivity contribution is 0.143. The standard InChI is InChI=1S/C21H21F2N3O3/c22-14-5-6-17(18(23)11-14)19-16-4-2-1-3-13(16)7-10-26(19)21(29)25-9-8-15(12-25)24-20(27)28/h1-6,11,15,19,24H,7-10,12H2,(H,27,28)/t15-,19?/m1/s1. The molecule has 0 radical (unpaired) electrons.